The van der Waals surface area contributed by atoms with Crippen LogP contribution in [0.5, 0.6) is 0 Å². The molecule has 0 atom stereocenters. The first-order chi connectivity index (χ1) is 10.1. The molecule has 0 aromatic heterocycles. The van der Waals surface area contributed by atoms with Crippen molar-refractivity contribution in [2.75, 3.05) is 11.4 Å². The molecule has 0 aliphatic heterocycles. The van der Waals surface area contributed by atoms with Crippen LogP contribution >= 0.6 is 0 Å². The van der Waals surface area contributed by atoms with E-state index < -0.39 is 5.97 Å². The summed E-state index contributed by atoms with van der Waals surface area (Å²) >= 11 is 0. The molecule has 21 heavy (non-hydrogen) atoms. The number of nitrogens with zero attached hydrogens (tertiary/aromatic N) is 1. The zero-order valence-corrected chi connectivity index (χ0v) is 11.9. The van der Waals surface area contributed by atoms with E-state index in [9.17, 15) is 9.18 Å². The molecule has 0 unspecified atom stereocenters. The van der Waals surface area contributed by atoms with Gasteiger partial charge in [-0.2, -0.15) is 0 Å². The summed E-state index contributed by atoms with van der Waals surface area (Å²) in [6.07, 6.45) is -0.0228. The Balaban J connectivity index is 2.27. The fourth-order valence-electron chi connectivity index (χ4n) is 2.33. The predicted octanol–water partition coefficient (Wildman–Crippen LogP) is 3.48. The maximum absolute atomic E-state index is 13.9. The van der Waals surface area contributed by atoms with Crippen LogP contribution in [-0.4, -0.2) is 17.6 Å². The largest absolute Gasteiger partial charge is 0.481 e. The second-order valence-corrected chi connectivity index (χ2v) is 4.80. The minimum absolute atomic E-state index is 0.0228. The third kappa shape index (κ3) is 3.81. The van der Waals surface area contributed by atoms with Crippen molar-refractivity contribution in [3.63, 3.8) is 0 Å². The Morgan fingerprint density at radius 3 is 2.33 bits per heavy atom. The van der Waals surface area contributed by atoms with Gasteiger partial charge in [-0.15, -0.1) is 0 Å². The number of anilines is 1. The quantitative estimate of drug-likeness (QED) is 0.884. The molecular formula is C17H18FNO2. The Hall–Kier alpha value is -2.36. The number of benzene rings is 2. The van der Waals surface area contributed by atoms with Crippen molar-refractivity contribution in [1.82, 2.24) is 0 Å². The van der Waals surface area contributed by atoms with Gasteiger partial charge in [0.05, 0.1) is 12.1 Å². The number of carboxylic acids is 1. The Labute approximate surface area is 123 Å². The van der Waals surface area contributed by atoms with Crippen LogP contribution in [0.2, 0.25) is 0 Å². The second-order valence-electron chi connectivity index (χ2n) is 4.80. The molecule has 0 aliphatic rings. The minimum atomic E-state index is -0.864. The molecular weight excluding hydrogens is 269 g/mol. The SMILES string of the molecule is CCN(Cc1ccccc1CC(=O)O)c1ccccc1F. The molecule has 0 aliphatic carbocycles. The van der Waals surface area contributed by atoms with Gasteiger partial charge in [-0.1, -0.05) is 36.4 Å². The van der Waals surface area contributed by atoms with Crippen LogP contribution in [0.4, 0.5) is 10.1 Å². The molecule has 110 valence electrons. The summed E-state index contributed by atoms with van der Waals surface area (Å²) in [5, 5.41) is 8.97. The van der Waals surface area contributed by atoms with Crippen LogP contribution in [0.15, 0.2) is 48.5 Å². The summed E-state index contributed by atoms with van der Waals surface area (Å²) in [5.74, 6) is -1.13. The Kier molecular flexibility index (Phi) is 4.93. The molecule has 2 aromatic rings. The van der Waals surface area contributed by atoms with Gasteiger partial charge in [0.25, 0.3) is 0 Å². The Morgan fingerprint density at radius 2 is 1.71 bits per heavy atom. The molecule has 0 saturated heterocycles. The molecule has 0 spiro atoms. The normalized spacial score (nSPS) is 10.4. The van der Waals surface area contributed by atoms with Crippen molar-refractivity contribution in [3.8, 4) is 0 Å². The lowest BCUT2D eigenvalue weighted by Crippen LogP contribution is -2.24. The van der Waals surface area contributed by atoms with E-state index in [0.717, 1.165) is 11.1 Å². The summed E-state index contributed by atoms with van der Waals surface area (Å²) in [7, 11) is 0. The number of carboxylic acid groups (broad SMARTS) is 1. The molecule has 1 N–H and O–H groups in total. The topological polar surface area (TPSA) is 40.5 Å². The molecule has 2 aromatic carbocycles. The smallest absolute Gasteiger partial charge is 0.307 e. The van der Waals surface area contributed by atoms with E-state index in [4.69, 9.17) is 5.11 Å². The molecule has 3 nitrogen and oxygen atoms in total. The van der Waals surface area contributed by atoms with Gasteiger partial charge in [0.1, 0.15) is 5.82 Å². The molecule has 0 radical (unpaired) electrons. The van der Waals surface area contributed by atoms with Crippen LogP contribution in [-0.2, 0) is 17.8 Å². The number of hydrogen-bond acceptors (Lipinski definition) is 2. The van der Waals surface area contributed by atoms with Crippen molar-refractivity contribution < 1.29 is 14.3 Å². The van der Waals surface area contributed by atoms with E-state index in [1.54, 1.807) is 24.3 Å². The number of para-hydroxylation sites is 1. The summed E-state index contributed by atoms with van der Waals surface area (Å²) in [5.41, 5.74) is 2.20. The van der Waals surface area contributed by atoms with Crippen LogP contribution in [0.3, 0.4) is 0 Å². The van der Waals surface area contributed by atoms with Gasteiger partial charge in [0, 0.05) is 13.1 Å². The lowest BCUT2D eigenvalue weighted by atomic mass is 10.0. The monoisotopic (exact) mass is 287 g/mol. The number of halogens is 1. The first kappa shape index (κ1) is 15.0. The second kappa shape index (κ2) is 6.88. The van der Waals surface area contributed by atoms with Gasteiger partial charge in [0.2, 0.25) is 0 Å². The molecule has 2 rings (SSSR count). The molecule has 0 saturated carbocycles. The molecule has 0 bridgehead atoms. The Morgan fingerprint density at radius 1 is 1.10 bits per heavy atom. The van der Waals surface area contributed by atoms with Crippen LogP contribution in [0.1, 0.15) is 18.1 Å². The van der Waals surface area contributed by atoms with Crippen LogP contribution in [0, 0.1) is 5.82 Å². The zero-order chi connectivity index (χ0) is 15.2. The van der Waals surface area contributed by atoms with E-state index in [-0.39, 0.29) is 12.2 Å². The minimum Gasteiger partial charge on any atom is -0.481 e. The molecule has 4 heteroatoms. The summed E-state index contributed by atoms with van der Waals surface area (Å²) in [6, 6.07) is 14.0. The summed E-state index contributed by atoms with van der Waals surface area (Å²) in [6.45, 7) is 3.08. The number of aliphatic carboxylic acids is 1. The summed E-state index contributed by atoms with van der Waals surface area (Å²) in [4.78, 5) is 12.8. The molecule has 0 heterocycles. The van der Waals surface area contributed by atoms with Gasteiger partial charge < -0.3 is 10.0 Å². The highest BCUT2D eigenvalue weighted by atomic mass is 19.1. The van der Waals surface area contributed by atoms with Crippen molar-refractivity contribution in [3.05, 3.63) is 65.5 Å². The lowest BCUT2D eigenvalue weighted by molar-refractivity contribution is -0.136. The van der Waals surface area contributed by atoms with Gasteiger partial charge in [-0.3, -0.25) is 4.79 Å². The van der Waals surface area contributed by atoms with Gasteiger partial charge in [-0.05, 0) is 30.2 Å². The highest BCUT2D eigenvalue weighted by Gasteiger charge is 2.13. The van der Waals surface area contributed by atoms with Crippen molar-refractivity contribution in [1.29, 1.82) is 0 Å². The predicted molar refractivity (Wildman–Crippen MR) is 80.9 cm³/mol. The van der Waals surface area contributed by atoms with Gasteiger partial charge in [0.15, 0.2) is 0 Å². The van der Waals surface area contributed by atoms with E-state index in [2.05, 4.69) is 0 Å². The number of hydrogen-bond donors (Lipinski definition) is 1. The van der Waals surface area contributed by atoms with Crippen LogP contribution in [0.25, 0.3) is 0 Å². The van der Waals surface area contributed by atoms with E-state index >= 15 is 0 Å². The first-order valence-electron chi connectivity index (χ1n) is 6.90. The maximum Gasteiger partial charge on any atom is 0.307 e. The maximum atomic E-state index is 13.9. The van der Waals surface area contributed by atoms with Crippen molar-refractivity contribution in [2.45, 2.75) is 19.9 Å². The van der Waals surface area contributed by atoms with E-state index in [1.807, 2.05) is 30.0 Å². The average molecular weight is 287 g/mol. The first-order valence-corrected chi connectivity index (χ1v) is 6.90. The number of carbonyl (C=O) groups is 1. The van der Waals surface area contributed by atoms with Gasteiger partial charge in [-0.25, -0.2) is 4.39 Å². The standard InChI is InChI=1S/C17H18FNO2/c1-2-19(16-10-6-5-9-15(16)18)12-14-8-4-3-7-13(14)11-17(20)21/h3-10H,2,11-12H2,1H3,(H,20,21). The highest BCUT2D eigenvalue weighted by Crippen LogP contribution is 2.22. The Bertz CT molecular complexity index is 628. The zero-order valence-electron chi connectivity index (χ0n) is 11.9. The van der Waals surface area contributed by atoms with Crippen molar-refractivity contribution in [2.24, 2.45) is 0 Å². The lowest BCUT2D eigenvalue weighted by Gasteiger charge is -2.24. The average Bonchev–Trinajstić information content (AvgIpc) is 2.47. The van der Waals surface area contributed by atoms with E-state index in [1.165, 1.54) is 6.07 Å². The van der Waals surface area contributed by atoms with Crippen molar-refractivity contribution >= 4 is 11.7 Å². The summed E-state index contributed by atoms with van der Waals surface area (Å²) < 4.78 is 13.9. The highest BCUT2D eigenvalue weighted by molar-refractivity contribution is 5.70. The fourth-order valence-corrected chi connectivity index (χ4v) is 2.33. The van der Waals surface area contributed by atoms with E-state index in [0.29, 0.717) is 18.8 Å². The number of rotatable bonds is 6. The molecule has 0 amide bonds. The third-order valence-electron chi connectivity index (χ3n) is 3.40. The van der Waals surface area contributed by atoms with Gasteiger partial charge >= 0.3 is 5.97 Å². The third-order valence-corrected chi connectivity index (χ3v) is 3.40. The fraction of sp³-hybridized carbons (Fsp3) is 0.235. The molecule has 0 fully saturated rings. The van der Waals surface area contributed by atoms with Crippen LogP contribution < -0.4 is 4.90 Å².